The Balaban J connectivity index is 0.00000264. The molecule has 14 heteroatoms. The van der Waals surface area contributed by atoms with Gasteiger partial charge in [-0.3, -0.25) is 0 Å². The van der Waals surface area contributed by atoms with Gasteiger partial charge in [0.2, 0.25) is 0 Å². The SMILES string of the molecule is O=S(=O)([O-])c1ccc2c(c1)C(S(=O)(=O)[O-])CC(=NO)C2=NO.[Na+].[Na+]. The van der Waals surface area contributed by atoms with Crippen LogP contribution in [0.25, 0.3) is 0 Å². The molecule has 0 amide bonds. The summed E-state index contributed by atoms with van der Waals surface area (Å²) in [5, 5.41) is 21.6. The van der Waals surface area contributed by atoms with Gasteiger partial charge < -0.3 is 19.5 Å². The third kappa shape index (κ3) is 4.78. The Morgan fingerprint density at radius 1 is 1.04 bits per heavy atom. The molecule has 1 atom stereocenters. The molecule has 2 rings (SSSR count). The van der Waals surface area contributed by atoms with Crippen LogP contribution in [0.1, 0.15) is 22.8 Å². The van der Waals surface area contributed by atoms with E-state index in [0.29, 0.717) is 0 Å². The summed E-state index contributed by atoms with van der Waals surface area (Å²) in [5.41, 5.74) is -1.13. The minimum Gasteiger partial charge on any atom is -0.747 e. The van der Waals surface area contributed by atoms with Gasteiger partial charge in [0.25, 0.3) is 0 Å². The number of nitrogens with zero attached hydrogens (tertiary/aromatic N) is 2. The van der Waals surface area contributed by atoms with Gasteiger partial charge in [-0.15, -0.1) is 0 Å². The quantitative estimate of drug-likeness (QED) is 0.215. The van der Waals surface area contributed by atoms with Crippen LogP contribution in [0.4, 0.5) is 0 Å². The van der Waals surface area contributed by atoms with E-state index < -0.39 is 36.8 Å². The molecule has 1 aliphatic rings. The van der Waals surface area contributed by atoms with Gasteiger partial charge in [-0.1, -0.05) is 16.4 Å². The summed E-state index contributed by atoms with van der Waals surface area (Å²) in [6.45, 7) is 0. The largest absolute Gasteiger partial charge is 1.00 e. The molecule has 0 fully saturated rings. The maximum atomic E-state index is 11.3. The van der Waals surface area contributed by atoms with Crippen LogP contribution in [0.3, 0.4) is 0 Å². The predicted octanol–water partition coefficient (Wildman–Crippen LogP) is -6.40. The van der Waals surface area contributed by atoms with Crippen LogP contribution in [-0.2, 0) is 20.2 Å². The van der Waals surface area contributed by atoms with E-state index in [-0.39, 0.29) is 81.7 Å². The summed E-state index contributed by atoms with van der Waals surface area (Å²) in [7, 11) is -9.83. The molecule has 10 nitrogen and oxygen atoms in total. The molecule has 1 aromatic rings. The molecule has 1 aromatic carbocycles. The number of benzene rings is 1. The smallest absolute Gasteiger partial charge is 0.747 e. The van der Waals surface area contributed by atoms with Crippen molar-refractivity contribution in [2.45, 2.75) is 16.6 Å². The van der Waals surface area contributed by atoms with E-state index in [0.717, 1.165) is 18.2 Å². The van der Waals surface area contributed by atoms with Gasteiger partial charge in [0.1, 0.15) is 31.7 Å². The van der Waals surface area contributed by atoms with Crippen LogP contribution in [0, 0.1) is 0 Å². The molecule has 1 unspecified atom stereocenters. The fourth-order valence-corrected chi connectivity index (χ4v) is 3.55. The van der Waals surface area contributed by atoms with E-state index in [4.69, 9.17) is 10.4 Å². The van der Waals surface area contributed by atoms with Crippen molar-refractivity contribution >= 4 is 31.7 Å². The number of oxime groups is 2. The Morgan fingerprint density at radius 2 is 1.62 bits per heavy atom. The Bertz CT molecular complexity index is 895. The number of hydrogen-bond donors (Lipinski definition) is 2. The van der Waals surface area contributed by atoms with E-state index in [1.807, 2.05) is 0 Å². The molecule has 0 aromatic heterocycles. The second-order valence-corrected chi connectivity index (χ2v) is 7.32. The van der Waals surface area contributed by atoms with Crippen LogP contribution in [0.15, 0.2) is 33.4 Å². The molecule has 0 saturated carbocycles. The first-order valence-corrected chi connectivity index (χ1v) is 8.46. The maximum Gasteiger partial charge on any atom is 1.00 e. The summed E-state index contributed by atoms with van der Waals surface area (Å²) >= 11 is 0. The number of fused-ring (bicyclic) bond motifs is 1. The van der Waals surface area contributed by atoms with Crippen LogP contribution >= 0.6 is 0 Å². The van der Waals surface area contributed by atoms with Gasteiger partial charge >= 0.3 is 59.1 Å². The van der Waals surface area contributed by atoms with E-state index in [2.05, 4.69) is 10.3 Å². The molecular formula is C10H8N2Na2O8S2. The molecule has 0 heterocycles. The third-order valence-electron chi connectivity index (χ3n) is 3.13. The summed E-state index contributed by atoms with van der Waals surface area (Å²) in [6, 6.07) is 2.59. The Morgan fingerprint density at radius 3 is 2.04 bits per heavy atom. The van der Waals surface area contributed by atoms with Crippen molar-refractivity contribution in [3.05, 3.63) is 29.3 Å². The van der Waals surface area contributed by atoms with Gasteiger partial charge in [0, 0.05) is 12.0 Å². The fourth-order valence-electron chi connectivity index (χ4n) is 2.17. The fraction of sp³-hybridized carbons (Fsp3) is 0.200. The molecule has 0 saturated heterocycles. The normalized spacial score (nSPS) is 20.8. The summed E-state index contributed by atoms with van der Waals surface area (Å²) in [4.78, 5) is -0.735. The molecule has 2 N–H and O–H groups in total. The molecule has 1 aliphatic carbocycles. The first-order valence-electron chi connectivity index (χ1n) is 5.58. The third-order valence-corrected chi connectivity index (χ3v) is 5.08. The average molecular weight is 394 g/mol. The maximum absolute atomic E-state index is 11.3. The van der Waals surface area contributed by atoms with Crippen molar-refractivity contribution in [1.29, 1.82) is 0 Å². The van der Waals surface area contributed by atoms with Crippen molar-refractivity contribution < 1.29 is 95.5 Å². The number of hydrogen-bond acceptors (Lipinski definition) is 10. The molecule has 0 bridgehead atoms. The van der Waals surface area contributed by atoms with E-state index >= 15 is 0 Å². The van der Waals surface area contributed by atoms with Gasteiger partial charge in [-0.2, -0.15) is 0 Å². The summed E-state index contributed by atoms with van der Waals surface area (Å²) in [6.07, 6.45) is -0.628. The van der Waals surface area contributed by atoms with Crippen molar-refractivity contribution in [3.63, 3.8) is 0 Å². The van der Waals surface area contributed by atoms with E-state index in [1.54, 1.807) is 0 Å². The van der Waals surface area contributed by atoms with Crippen molar-refractivity contribution in [3.8, 4) is 0 Å². The van der Waals surface area contributed by atoms with Crippen LogP contribution < -0.4 is 59.1 Å². The Hall–Kier alpha value is -0.0200. The summed E-state index contributed by atoms with van der Waals surface area (Å²) < 4.78 is 67.1. The van der Waals surface area contributed by atoms with Crippen molar-refractivity contribution in [1.82, 2.24) is 0 Å². The van der Waals surface area contributed by atoms with Crippen LogP contribution in [-0.4, -0.2) is 47.8 Å². The first kappa shape index (κ1) is 24.0. The molecular weight excluding hydrogens is 386 g/mol. The molecule has 120 valence electrons. The Kier molecular flexibility index (Phi) is 8.57. The second kappa shape index (κ2) is 8.58. The average Bonchev–Trinajstić information content (AvgIpc) is 2.42. The molecule has 0 spiro atoms. The van der Waals surface area contributed by atoms with Gasteiger partial charge in [-0.05, 0) is 17.7 Å². The van der Waals surface area contributed by atoms with Crippen LogP contribution in [0.5, 0.6) is 0 Å². The summed E-state index contributed by atoms with van der Waals surface area (Å²) in [5.74, 6) is 0. The molecule has 0 aliphatic heterocycles. The zero-order valence-electron chi connectivity index (χ0n) is 12.6. The van der Waals surface area contributed by atoms with Crippen LogP contribution in [0.2, 0.25) is 0 Å². The molecule has 0 radical (unpaired) electrons. The second-order valence-electron chi connectivity index (χ2n) is 4.38. The standard InChI is InChI=1S/C10H10N2O8S2.2Na/c13-11-8-4-9(22(18,19)20)7-3-5(21(15,16)17)1-2-6(7)10(8)12-14;;/h1-3,9,13-14H,4H2,(H,15,16,17)(H,18,19,20);;/q;2*+1/p-2. The monoisotopic (exact) mass is 394 g/mol. The zero-order valence-corrected chi connectivity index (χ0v) is 18.2. The van der Waals surface area contributed by atoms with E-state index in [9.17, 15) is 25.9 Å². The van der Waals surface area contributed by atoms with E-state index in [1.165, 1.54) is 0 Å². The zero-order chi connectivity index (χ0) is 16.7. The minimum absolute atomic E-state index is 0. The molecule has 24 heavy (non-hydrogen) atoms. The topological polar surface area (TPSA) is 180 Å². The Labute approximate surface area is 181 Å². The predicted molar refractivity (Wildman–Crippen MR) is 69.0 cm³/mol. The minimum atomic E-state index is -4.95. The first-order chi connectivity index (χ1) is 10.1. The van der Waals surface area contributed by atoms with Gasteiger partial charge in [0.15, 0.2) is 0 Å². The van der Waals surface area contributed by atoms with Crippen molar-refractivity contribution in [2.75, 3.05) is 0 Å². The van der Waals surface area contributed by atoms with Crippen molar-refractivity contribution in [2.24, 2.45) is 10.3 Å². The van der Waals surface area contributed by atoms with Gasteiger partial charge in [-0.25, -0.2) is 16.8 Å². The van der Waals surface area contributed by atoms with Gasteiger partial charge in [0.05, 0.1) is 10.1 Å². The number of rotatable bonds is 2.